The summed E-state index contributed by atoms with van der Waals surface area (Å²) in [6.07, 6.45) is 4.69. The van der Waals surface area contributed by atoms with Crippen LogP contribution in [0.3, 0.4) is 0 Å². The number of carbonyl (C=O) groups is 1. The molecule has 2 aromatic rings. The van der Waals surface area contributed by atoms with E-state index in [-0.39, 0.29) is 17.9 Å². The summed E-state index contributed by atoms with van der Waals surface area (Å²) in [6, 6.07) is 7.54. The Morgan fingerprint density at radius 2 is 2.09 bits per heavy atom. The number of carbonyl (C=O) groups excluding carboxylic acids is 1. The molecule has 0 saturated carbocycles. The molecule has 5 heteroatoms. The number of hydrogen-bond donors (Lipinski definition) is 1. The first kappa shape index (κ1) is 16.6. The summed E-state index contributed by atoms with van der Waals surface area (Å²) in [7, 11) is 1.94. The number of rotatable bonds is 6. The van der Waals surface area contributed by atoms with Crippen molar-refractivity contribution in [3.63, 3.8) is 0 Å². The van der Waals surface area contributed by atoms with Crippen molar-refractivity contribution >= 4 is 17.5 Å². The molecule has 22 heavy (non-hydrogen) atoms. The Hall–Kier alpha value is -1.81. The molecule has 0 aliphatic rings. The van der Waals surface area contributed by atoms with E-state index >= 15 is 0 Å². The molecule has 1 aromatic heterocycles. The van der Waals surface area contributed by atoms with Gasteiger partial charge in [0.25, 0.3) is 0 Å². The topological polar surface area (TPSA) is 46.9 Å². The highest BCUT2D eigenvalue weighted by atomic mass is 35.5. The van der Waals surface area contributed by atoms with Gasteiger partial charge in [0.1, 0.15) is 5.82 Å². The van der Waals surface area contributed by atoms with Gasteiger partial charge in [-0.2, -0.15) is 0 Å². The lowest BCUT2D eigenvalue weighted by Gasteiger charge is -2.22. The van der Waals surface area contributed by atoms with Crippen LogP contribution in [0, 0.1) is 5.92 Å². The second-order valence-electron chi connectivity index (χ2n) is 5.78. The number of aryl methyl sites for hydroxylation is 2. The predicted octanol–water partition coefficient (Wildman–Crippen LogP) is 3.52. The summed E-state index contributed by atoms with van der Waals surface area (Å²) in [5.74, 6) is 1.16. The van der Waals surface area contributed by atoms with Crippen molar-refractivity contribution in [2.24, 2.45) is 13.0 Å². The molecular weight excluding hydrogens is 298 g/mol. The Morgan fingerprint density at radius 1 is 1.36 bits per heavy atom. The number of nitrogens with zero attached hydrogens (tertiary/aromatic N) is 2. The highest BCUT2D eigenvalue weighted by molar-refractivity contribution is 6.31. The highest BCUT2D eigenvalue weighted by Gasteiger charge is 2.21. The number of imidazole rings is 1. The SMILES string of the molecule is CC(C)[C@@H](NC(=O)CCc1ccccc1Cl)c1nccn1C. The largest absolute Gasteiger partial charge is 0.346 e. The number of aromatic nitrogens is 2. The first-order valence-corrected chi connectivity index (χ1v) is 7.87. The Kier molecular flexibility index (Phi) is 5.61. The van der Waals surface area contributed by atoms with Gasteiger partial charge in [-0.25, -0.2) is 4.98 Å². The summed E-state index contributed by atoms with van der Waals surface area (Å²) in [6.45, 7) is 4.15. The summed E-state index contributed by atoms with van der Waals surface area (Å²) in [5, 5.41) is 3.79. The van der Waals surface area contributed by atoms with Crippen LogP contribution in [0.25, 0.3) is 0 Å². The Morgan fingerprint density at radius 3 is 2.68 bits per heavy atom. The van der Waals surface area contributed by atoms with Crippen LogP contribution in [0.1, 0.15) is 37.7 Å². The van der Waals surface area contributed by atoms with E-state index in [4.69, 9.17) is 11.6 Å². The van der Waals surface area contributed by atoms with E-state index in [1.165, 1.54) is 0 Å². The molecule has 0 radical (unpaired) electrons. The van der Waals surface area contributed by atoms with Crippen LogP contribution < -0.4 is 5.32 Å². The summed E-state index contributed by atoms with van der Waals surface area (Å²) < 4.78 is 1.94. The van der Waals surface area contributed by atoms with Gasteiger partial charge in [0.15, 0.2) is 0 Å². The summed E-state index contributed by atoms with van der Waals surface area (Å²) in [4.78, 5) is 16.6. The molecule has 1 N–H and O–H groups in total. The van der Waals surface area contributed by atoms with Crippen LogP contribution in [0.15, 0.2) is 36.7 Å². The lowest BCUT2D eigenvalue weighted by molar-refractivity contribution is -0.122. The molecule has 4 nitrogen and oxygen atoms in total. The number of hydrogen-bond acceptors (Lipinski definition) is 2. The number of nitrogens with one attached hydrogen (secondary N) is 1. The number of amides is 1. The van der Waals surface area contributed by atoms with Crippen molar-refractivity contribution in [2.75, 3.05) is 0 Å². The minimum absolute atomic E-state index is 0.0154. The van der Waals surface area contributed by atoms with Crippen LogP contribution >= 0.6 is 11.6 Å². The lowest BCUT2D eigenvalue weighted by Crippen LogP contribution is -2.33. The van der Waals surface area contributed by atoms with Gasteiger partial charge >= 0.3 is 0 Å². The minimum atomic E-state index is -0.0845. The predicted molar refractivity (Wildman–Crippen MR) is 88.7 cm³/mol. The molecule has 1 atom stereocenters. The van der Waals surface area contributed by atoms with Crippen molar-refractivity contribution in [1.82, 2.24) is 14.9 Å². The normalized spacial score (nSPS) is 12.4. The molecule has 1 heterocycles. The number of halogens is 1. The van der Waals surface area contributed by atoms with Crippen molar-refractivity contribution in [3.05, 3.63) is 53.1 Å². The molecule has 0 aliphatic carbocycles. The zero-order valence-corrected chi connectivity index (χ0v) is 14.0. The lowest BCUT2D eigenvalue weighted by atomic mass is 10.0. The number of benzene rings is 1. The smallest absolute Gasteiger partial charge is 0.220 e. The zero-order valence-electron chi connectivity index (χ0n) is 13.2. The Balaban J connectivity index is 1.98. The van der Waals surface area contributed by atoms with E-state index in [0.717, 1.165) is 11.4 Å². The highest BCUT2D eigenvalue weighted by Crippen LogP contribution is 2.20. The van der Waals surface area contributed by atoms with Gasteiger partial charge < -0.3 is 9.88 Å². The van der Waals surface area contributed by atoms with Crippen molar-refractivity contribution in [1.29, 1.82) is 0 Å². The van der Waals surface area contributed by atoms with Crippen LogP contribution in [0.4, 0.5) is 0 Å². The molecular formula is C17H22ClN3O. The maximum absolute atomic E-state index is 12.3. The van der Waals surface area contributed by atoms with Crippen LogP contribution in [0.5, 0.6) is 0 Å². The Bertz CT molecular complexity index is 636. The van der Waals surface area contributed by atoms with Gasteiger partial charge in [-0.1, -0.05) is 43.6 Å². The van der Waals surface area contributed by atoms with Gasteiger partial charge in [-0.15, -0.1) is 0 Å². The molecule has 1 amide bonds. The molecule has 0 spiro atoms. The third-order valence-electron chi connectivity index (χ3n) is 3.70. The molecule has 0 unspecified atom stereocenters. The third kappa shape index (κ3) is 4.10. The first-order chi connectivity index (χ1) is 10.5. The van der Waals surface area contributed by atoms with Gasteiger partial charge in [-0.05, 0) is 24.0 Å². The fraction of sp³-hybridized carbons (Fsp3) is 0.412. The van der Waals surface area contributed by atoms with E-state index < -0.39 is 0 Å². The fourth-order valence-electron chi connectivity index (χ4n) is 2.40. The summed E-state index contributed by atoms with van der Waals surface area (Å²) >= 11 is 6.12. The molecule has 0 bridgehead atoms. The average molecular weight is 320 g/mol. The van der Waals surface area contributed by atoms with Crippen molar-refractivity contribution in [3.8, 4) is 0 Å². The molecule has 118 valence electrons. The molecule has 2 rings (SSSR count). The van der Waals surface area contributed by atoms with Gasteiger partial charge in [0, 0.05) is 30.9 Å². The minimum Gasteiger partial charge on any atom is -0.346 e. The van der Waals surface area contributed by atoms with E-state index in [2.05, 4.69) is 24.1 Å². The average Bonchev–Trinajstić information content (AvgIpc) is 2.89. The second-order valence-corrected chi connectivity index (χ2v) is 6.18. The van der Waals surface area contributed by atoms with Crippen LogP contribution in [-0.4, -0.2) is 15.5 Å². The van der Waals surface area contributed by atoms with Gasteiger partial charge in [0.2, 0.25) is 5.91 Å². The zero-order chi connectivity index (χ0) is 16.1. The van der Waals surface area contributed by atoms with E-state index in [1.54, 1.807) is 6.20 Å². The third-order valence-corrected chi connectivity index (χ3v) is 4.07. The standard InChI is InChI=1S/C17H22ClN3O/c1-12(2)16(17-19-10-11-21(17)3)20-15(22)9-8-13-6-4-5-7-14(13)18/h4-7,10-12,16H,8-9H2,1-3H3,(H,20,22)/t16-/m1/s1. The van der Waals surface area contributed by atoms with E-state index in [1.807, 2.05) is 42.1 Å². The summed E-state index contributed by atoms with van der Waals surface area (Å²) in [5.41, 5.74) is 0.998. The van der Waals surface area contributed by atoms with E-state index in [9.17, 15) is 4.79 Å². The first-order valence-electron chi connectivity index (χ1n) is 7.49. The quantitative estimate of drug-likeness (QED) is 0.885. The van der Waals surface area contributed by atoms with Crippen molar-refractivity contribution < 1.29 is 4.79 Å². The maximum atomic E-state index is 12.3. The molecule has 0 saturated heterocycles. The molecule has 1 aromatic carbocycles. The molecule has 0 aliphatic heterocycles. The Labute approximate surface area is 136 Å². The fourth-order valence-corrected chi connectivity index (χ4v) is 2.63. The van der Waals surface area contributed by atoms with Gasteiger partial charge in [0.05, 0.1) is 6.04 Å². The van der Waals surface area contributed by atoms with E-state index in [0.29, 0.717) is 17.9 Å². The molecule has 0 fully saturated rings. The van der Waals surface area contributed by atoms with Crippen LogP contribution in [0.2, 0.25) is 5.02 Å². The van der Waals surface area contributed by atoms with Crippen LogP contribution in [-0.2, 0) is 18.3 Å². The van der Waals surface area contributed by atoms with Gasteiger partial charge in [-0.3, -0.25) is 4.79 Å². The van der Waals surface area contributed by atoms with Crippen molar-refractivity contribution in [2.45, 2.75) is 32.7 Å². The second kappa shape index (κ2) is 7.45. The maximum Gasteiger partial charge on any atom is 0.220 e. The monoisotopic (exact) mass is 319 g/mol.